The summed E-state index contributed by atoms with van der Waals surface area (Å²) in [7, 11) is 1.68. The fourth-order valence-electron chi connectivity index (χ4n) is 2.14. The number of nitrogens with one attached hydrogen (secondary N) is 1. The van der Waals surface area contributed by atoms with Gasteiger partial charge in [0.05, 0.1) is 19.3 Å². The summed E-state index contributed by atoms with van der Waals surface area (Å²) in [6.07, 6.45) is 1.83. The fourth-order valence-corrected chi connectivity index (χ4v) is 2.14. The summed E-state index contributed by atoms with van der Waals surface area (Å²) in [5, 5.41) is 0. The zero-order valence-electron chi connectivity index (χ0n) is 11.5. The van der Waals surface area contributed by atoms with Crippen LogP contribution in [0.25, 0.3) is 0 Å². The Morgan fingerprint density at radius 1 is 1.28 bits per heavy atom. The third-order valence-electron chi connectivity index (χ3n) is 3.08. The average Bonchev–Trinajstić information content (AvgIpc) is 2.43. The van der Waals surface area contributed by atoms with E-state index in [-0.39, 0.29) is 12.1 Å². The van der Waals surface area contributed by atoms with Gasteiger partial charge < -0.3 is 9.47 Å². The lowest BCUT2D eigenvalue weighted by molar-refractivity contribution is 0.0318. The molecule has 102 valence electrons. The van der Waals surface area contributed by atoms with E-state index in [9.17, 15) is 0 Å². The van der Waals surface area contributed by atoms with Gasteiger partial charge in [0.2, 0.25) is 0 Å². The Balaban J connectivity index is 2.78. The minimum Gasteiger partial charge on any atom is -0.496 e. The van der Waals surface area contributed by atoms with Crippen molar-refractivity contribution < 1.29 is 9.47 Å². The third-order valence-corrected chi connectivity index (χ3v) is 3.08. The highest BCUT2D eigenvalue weighted by atomic mass is 16.5. The predicted molar refractivity (Wildman–Crippen MR) is 73.5 cm³/mol. The van der Waals surface area contributed by atoms with Crippen LogP contribution in [0, 0.1) is 0 Å². The van der Waals surface area contributed by atoms with Crippen molar-refractivity contribution in [2.24, 2.45) is 5.84 Å². The Morgan fingerprint density at radius 3 is 2.56 bits per heavy atom. The van der Waals surface area contributed by atoms with E-state index in [1.54, 1.807) is 7.11 Å². The molecule has 0 spiro atoms. The first-order valence-corrected chi connectivity index (χ1v) is 6.46. The van der Waals surface area contributed by atoms with Gasteiger partial charge in [0.15, 0.2) is 0 Å². The summed E-state index contributed by atoms with van der Waals surface area (Å²) in [6.45, 7) is 4.80. The van der Waals surface area contributed by atoms with Gasteiger partial charge in [-0.15, -0.1) is 0 Å². The minimum atomic E-state index is 0.0891. The molecule has 4 heteroatoms. The van der Waals surface area contributed by atoms with Gasteiger partial charge in [-0.3, -0.25) is 11.3 Å². The minimum absolute atomic E-state index is 0.0891. The lowest BCUT2D eigenvalue weighted by atomic mass is 9.99. The van der Waals surface area contributed by atoms with Gasteiger partial charge in [0, 0.05) is 6.61 Å². The number of ether oxygens (including phenoxy) is 2. The maximum atomic E-state index is 5.71. The Hall–Kier alpha value is -1.10. The largest absolute Gasteiger partial charge is 0.496 e. The molecular weight excluding hydrogens is 228 g/mol. The molecule has 1 aromatic carbocycles. The van der Waals surface area contributed by atoms with Crippen LogP contribution < -0.4 is 16.0 Å². The summed E-state index contributed by atoms with van der Waals surface area (Å²) in [5.74, 6) is 6.54. The number of para-hydroxylation sites is 1. The summed E-state index contributed by atoms with van der Waals surface area (Å²) in [5.41, 5.74) is 4.00. The zero-order chi connectivity index (χ0) is 13.4. The first-order valence-electron chi connectivity index (χ1n) is 6.46. The molecule has 3 N–H and O–H groups in total. The fraction of sp³-hybridized carbons (Fsp3) is 0.571. The second-order valence-electron chi connectivity index (χ2n) is 4.19. The summed E-state index contributed by atoms with van der Waals surface area (Å²) in [6, 6.07) is 8.08. The highest BCUT2D eigenvalue weighted by Gasteiger charge is 2.20. The highest BCUT2D eigenvalue weighted by molar-refractivity contribution is 5.34. The van der Waals surface area contributed by atoms with Gasteiger partial charge in [-0.05, 0) is 31.4 Å². The summed E-state index contributed by atoms with van der Waals surface area (Å²) < 4.78 is 11.1. The molecule has 0 fully saturated rings. The van der Waals surface area contributed by atoms with Crippen molar-refractivity contribution in [1.29, 1.82) is 0 Å². The maximum absolute atomic E-state index is 5.71. The molecule has 0 saturated carbocycles. The highest BCUT2D eigenvalue weighted by Crippen LogP contribution is 2.20. The normalized spacial score (nSPS) is 14.2. The maximum Gasteiger partial charge on any atom is 0.122 e. The van der Waals surface area contributed by atoms with Gasteiger partial charge in [0.1, 0.15) is 5.75 Å². The molecule has 0 bridgehead atoms. The molecule has 0 amide bonds. The molecule has 0 heterocycles. The van der Waals surface area contributed by atoms with Gasteiger partial charge in [-0.25, -0.2) is 0 Å². The van der Waals surface area contributed by atoms with Crippen LogP contribution in [0.4, 0.5) is 0 Å². The van der Waals surface area contributed by atoms with Crippen molar-refractivity contribution in [2.45, 2.75) is 38.8 Å². The molecule has 0 aromatic heterocycles. The molecule has 0 aliphatic carbocycles. The van der Waals surface area contributed by atoms with E-state index < -0.39 is 0 Å². The van der Waals surface area contributed by atoms with Crippen molar-refractivity contribution in [2.75, 3.05) is 13.7 Å². The van der Waals surface area contributed by atoms with Crippen molar-refractivity contribution >= 4 is 0 Å². The van der Waals surface area contributed by atoms with E-state index in [0.29, 0.717) is 6.61 Å². The smallest absolute Gasteiger partial charge is 0.122 e. The Morgan fingerprint density at radius 2 is 2.00 bits per heavy atom. The molecule has 0 saturated heterocycles. The Bertz CT molecular complexity index is 344. The molecule has 18 heavy (non-hydrogen) atoms. The lowest BCUT2D eigenvalue weighted by Crippen LogP contribution is -2.46. The second kappa shape index (κ2) is 8.08. The van der Waals surface area contributed by atoms with Gasteiger partial charge in [0.25, 0.3) is 0 Å². The molecule has 2 unspecified atom stereocenters. The summed E-state index contributed by atoms with van der Waals surface area (Å²) >= 11 is 0. The third kappa shape index (κ3) is 3.98. The van der Waals surface area contributed by atoms with E-state index in [2.05, 4.69) is 18.4 Å². The monoisotopic (exact) mass is 252 g/mol. The average molecular weight is 252 g/mol. The molecule has 1 aromatic rings. The van der Waals surface area contributed by atoms with Crippen LogP contribution in [-0.2, 0) is 11.2 Å². The Labute approximate surface area is 109 Å². The van der Waals surface area contributed by atoms with Crippen LogP contribution in [0.5, 0.6) is 5.75 Å². The zero-order valence-corrected chi connectivity index (χ0v) is 11.5. The lowest BCUT2D eigenvalue weighted by Gasteiger charge is -2.26. The predicted octanol–water partition coefficient (Wildman–Crippen LogP) is 1.88. The van der Waals surface area contributed by atoms with Crippen molar-refractivity contribution in [3.05, 3.63) is 29.8 Å². The van der Waals surface area contributed by atoms with Crippen LogP contribution in [0.15, 0.2) is 24.3 Å². The van der Waals surface area contributed by atoms with Crippen LogP contribution in [0.2, 0.25) is 0 Å². The number of methoxy groups -OCH3 is 1. The SMILES string of the molecule is CCOC(CC)C(Cc1ccccc1OC)NN. The topological polar surface area (TPSA) is 56.5 Å². The number of nitrogens with two attached hydrogens (primary N) is 1. The molecule has 2 atom stereocenters. The van der Waals surface area contributed by atoms with E-state index in [4.69, 9.17) is 15.3 Å². The van der Waals surface area contributed by atoms with Gasteiger partial charge >= 0.3 is 0 Å². The number of hydrogen-bond acceptors (Lipinski definition) is 4. The van der Waals surface area contributed by atoms with Crippen LogP contribution in [-0.4, -0.2) is 25.9 Å². The quantitative estimate of drug-likeness (QED) is 0.548. The standard InChI is InChI=1S/C14H24N2O2/c1-4-13(18-5-2)12(16-15)10-11-8-6-7-9-14(11)17-3/h6-9,12-13,16H,4-5,10,15H2,1-3H3. The van der Waals surface area contributed by atoms with E-state index in [1.807, 2.05) is 25.1 Å². The molecule has 0 radical (unpaired) electrons. The van der Waals surface area contributed by atoms with Crippen LogP contribution >= 0.6 is 0 Å². The molecule has 1 rings (SSSR count). The molecule has 4 nitrogen and oxygen atoms in total. The van der Waals surface area contributed by atoms with Crippen molar-refractivity contribution in [3.63, 3.8) is 0 Å². The molecular formula is C14H24N2O2. The number of hydrogen-bond donors (Lipinski definition) is 2. The first kappa shape index (κ1) is 15.0. The van der Waals surface area contributed by atoms with Gasteiger partial charge in [-0.2, -0.15) is 0 Å². The van der Waals surface area contributed by atoms with E-state index >= 15 is 0 Å². The Kier molecular flexibility index (Phi) is 6.72. The number of benzene rings is 1. The van der Waals surface area contributed by atoms with Crippen LogP contribution in [0.3, 0.4) is 0 Å². The molecule has 0 aliphatic rings. The number of rotatable bonds is 8. The second-order valence-corrected chi connectivity index (χ2v) is 4.19. The van der Waals surface area contributed by atoms with Crippen molar-refractivity contribution in [3.8, 4) is 5.75 Å². The number of hydrazine groups is 1. The van der Waals surface area contributed by atoms with E-state index in [0.717, 1.165) is 24.2 Å². The summed E-state index contributed by atoms with van der Waals surface area (Å²) in [4.78, 5) is 0. The van der Waals surface area contributed by atoms with E-state index in [1.165, 1.54) is 0 Å². The van der Waals surface area contributed by atoms with Crippen molar-refractivity contribution in [1.82, 2.24) is 5.43 Å². The van der Waals surface area contributed by atoms with Crippen LogP contribution in [0.1, 0.15) is 25.8 Å². The molecule has 0 aliphatic heterocycles. The first-order chi connectivity index (χ1) is 8.76. The van der Waals surface area contributed by atoms with Gasteiger partial charge in [-0.1, -0.05) is 25.1 Å².